The lowest BCUT2D eigenvalue weighted by molar-refractivity contribution is -0.140. The Bertz CT molecular complexity index is 1380. The van der Waals surface area contributed by atoms with E-state index in [9.17, 15) is 9.59 Å². The molecular weight excluding hydrogens is 551 g/mol. The van der Waals surface area contributed by atoms with Crippen LogP contribution in [0.1, 0.15) is 15.9 Å². The van der Waals surface area contributed by atoms with Gasteiger partial charge in [-0.15, -0.1) is 0 Å². The number of hydrogen-bond donors (Lipinski definition) is 1. The van der Waals surface area contributed by atoms with Gasteiger partial charge in [-0.05, 0) is 90.5 Å². The molecule has 38 heavy (non-hydrogen) atoms. The molecule has 4 rings (SSSR count). The minimum Gasteiger partial charge on any atom is -0.446 e. The summed E-state index contributed by atoms with van der Waals surface area (Å²) in [6.45, 7) is 0. The fourth-order valence-electron chi connectivity index (χ4n) is 3.04. The Hall–Kier alpha value is -4.04. The quantitative estimate of drug-likeness (QED) is 0.0788. The Morgan fingerprint density at radius 3 is 1.79 bits per heavy atom. The van der Waals surface area contributed by atoms with Crippen molar-refractivity contribution < 1.29 is 23.8 Å². The fraction of sp³-hybridized carbons (Fsp3) is 0.0357. The molecule has 1 amide bonds. The Morgan fingerprint density at radius 1 is 0.711 bits per heavy atom. The minimum absolute atomic E-state index is 0.301. The average Bonchev–Trinajstić information content (AvgIpc) is 2.91. The van der Waals surface area contributed by atoms with Gasteiger partial charge >= 0.3 is 18.2 Å². The first-order valence-electron chi connectivity index (χ1n) is 11.1. The van der Waals surface area contributed by atoms with E-state index in [1.165, 1.54) is 6.21 Å². The molecule has 0 saturated heterocycles. The van der Waals surface area contributed by atoms with Crippen molar-refractivity contribution in [3.05, 3.63) is 123 Å². The SMILES string of the molecule is O=C(Oc1cccc(/C=N/NC(=O)C(Oc2ccc(Cl)cc2)Oc2ccc(Cl)cc2)c1)c1ccc(Cl)cc1. The van der Waals surface area contributed by atoms with Crippen LogP contribution in [0, 0.1) is 0 Å². The average molecular weight is 570 g/mol. The number of esters is 1. The molecule has 0 spiro atoms. The topological polar surface area (TPSA) is 86.2 Å². The van der Waals surface area contributed by atoms with E-state index in [4.69, 9.17) is 49.0 Å². The van der Waals surface area contributed by atoms with E-state index in [0.717, 1.165) is 0 Å². The molecule has 0 unspecified atom stereocenters. The van der Waals surface area contributed by atoms with Gasteiger partial charge in [-0.3, -0.25) is 4.79 Å². The Morgan fingerprint density at radius 2 is 1.24 bits per heavy atom. The molecule has 192 valence electrons. The molecule has 0 radical (unpaired) electrons. The number of ether oxygens (including phenoxy) is 3. The highest BCUT2D eigenvalue weighted by molar-refractivity contribution is 6.31. The third-order valence-corrected chi connectivity index (χ3v) is 5.62. The highest BCUT2D eigenvalue weighted by atomic mass is 35.5. The second kappa shape index (κ2) is 13.0. The van der Waals surface area contributed by atoms with E-state index in [2.05, 4.69) is 10.5 Å². The zero-order chi connectivity index (χ0) is 26.9. The van der Waals surface area contributed by atoms with Gasteiger partial charge in [0.15, 0.2) is 0 Å². The van der Waals surface area contributed by atoms with E-state index >= 15 is 0 Å². The minimum atomic E-state index is -1.37. The van der Waals surface area contributed by atoms with E-state index in [1.807, 2.05) is 0 Å². The zero-order valence-corrected chi connectivity index (χ0v) is 21.8. The molecule has 0 atom stereocenters. The van der Waals surface area contributed by atoms with Gasteiger partial charge in [-0.2, -0.15) is 5.10 Å². The van der Waals surface area contributed by atoms with Crippen LogP contribution in [0.25, 0.3) is 0 Å². The molecule has 0 heterocycles. The largest absolute Gasteiger partial charge is 0.446 e. The number of carbonyl (C=O) groups excluding carboxylic acids is 2. The van der Waals surface area contributed by atoms with Gasteiger partial charge < -0.3 is 14.2 Å². The van der Waals surface area contributed by atoms with Crippen LogP contribution >= 0.6 is 34.8 Å². The van der Waals surface area contributed by atoms with Crippen molar-refractivity contribution in [1.82, 2.24) is 5.43 Å². The summed E-state index contributed by atoms with van der Waals surface area (Å²) < 4.78 is 16.8. The first kappa shape index (κ1) is 27.0. The van der Waals surface area contributed by atoms with Crippen LogP contribution in [0.15, 0.2) is 102 Å². The van der Waals surface area contributed by atoms with Crippen LogP contribution in [0.2, 0.25) is 15.1 Å². The number of nitrogens with zero attached hydrogens (tertiary/aromatic N) is 1. The van der Waals surface area contributed by atoms with Gasteiger partial charge in [0.25, 0.3) is 0 Å². The lowest BCUT2D eigenvalue weighted by Crippen LogP contribution is -2.40. The number of hydrazone groups is 1. The molecule has 4 aromatic carbocycles. The summed E-state index contributed by atoms with van der Waals surface area (Å²) in [6.07, 6.45) is 0.0141. The number of carbonyl (C=O) groups is 2. The van der Waals surface area contributed by atoms with Crippen molar-refractivity contribution in [3.63, 3.8) is 0 Å². The highest BCUT2D eigenvalue weighted by Crippen LogP contribution is 2.21. The van der Waals surface area contributed by atoms with E-state index < -0.39 is 18.2 Å². The second-order valence-corrected chi connectivity index (χ2v) is 8.99. The molecule has 0 aliphatic heterocycles. The van der Waals surface area contributed by atoms with Gasteiger partial charge in [0.2, 0.25) is 0 Å². The lowest BCUT2D eigenvalue weighted by atomic mass is 10.2. The summed E-state index contributed by atoms with van der Waals surface area (Å²) >= 11 is 17.7. The summed E-state index contributed by atoms with van der Waals surface area (Å²) in [7, 11) is 0. The highest BCUT2D eigenvalue weighted by Gasteiger charge is 2.22. The molecule has 0 bridgehead atoms. The van der Waals surface area contributed by atoms with Crippen molar-refractivity contribution in [2.45, 2.75) is 6.29 Å². The summed E-state index contributed by atoms with van der Waals surface area (Å²) in [5.41, 5.74) is 3.32. The number of hydrogen-bond acceptors (Lipinski definition) is 6. The number of amides is 1. The van der Waals surface area contributed by atoms with Gasteiger partial charge in [0.05, 0.1) is 11.8 Å². The lowest BCUT2D eigenvalue weighted by Gasteiger charge is -2.19. The molecule has 1 N–H and O–H groups in total. The van der Waals surface area contributed by atoms with Gasteiger partial charge in [0.1, 0.15) is 17.2 Å². The Balaban J connectivity index is 1.41. The van der Waals surface area contributed by atoms with Crippen LogP contribution in [-0.2, 0) is 4.79 Å². The molecule has 0 fully saturated rings. The Labute approximate surface area is 233 Å². The maximum Gasteiger partial charge on any atom is 0.343 e. The van der Waals surface area contributed by atoms with Crippen LogP contribution in [0.5, 0.6) is 17.2 Å². The van der Waals surface area contributed by atoms with Crippen molar-refractivity contribution >= 4 is 52.9 Å². The first-order valence-corrected chi connectivity index (χ1v) is 12.2. The molecular formula is C28H19Cl3N2O5. The van der Waals surface area contributed by atoms with Gasteiger partial charge in [-0.25, -0.2) is 10.2 Å². The number of nitrogens with one attached hydrogen (secondary N) is 1. The van der Waals surface area contributed by atoms with Gasteiger partial charge in [-0.1, -0.05) is 46.9 Å². The van der Waals surface area contributed by atoms with Crippen LogP contribution in [0.3, 0.4) is 0 Å². The maximum absolute atomic E-state index is 12.9. The number of rotatable bonds is 9. The Kier molecular flexibility index (Phi) is 9.21. The molecule has 0 saturated carbocycles. The summed E-state index contributed by atoms with van der Waals surface area (Å²) in [6, 6.07) is 25.9. The molecule has 7 nitrogen and oxygen atoms in total. The van der Waals surface area contributed by atoms with Crippen molar-refractivity contribution in [1.29, 1.82) is 0 Å². The van der Waals surface area contributed by atoms with E-state index in [0.29, 0.717) is 43.4 Å². The number of benzene rings is 4. The molecule has 0 aromatic heterocycles. The third-order valence-electron chi connectivity index (χ3n) is 4.86. The smallest absolute Gasteiger partial charge is 0.343 e. The standard InChI is InChI=1S/C28H19Cl3N2O5/c29-20-6-4-19(5-7-20)27(35)36-25-3-1-2-18(16-25)17-32-33-26(34)28(37-23-12-8-21(30)9-13-23)38-24-14-10-22(31)11-15-24/h1-17,28H,(H,33,34)/b32-17+. The van der Waals surface area contributed by atoms with E-state index in [1.54, 1.807) is 97.1 Å². The normalized spacial score (nSPS) is 10.8. The first-order chi connectivity index (χ1) is 18.4. The molecule has 0 aliphatic carbocycles. The molecule has 0 aliphatic rings. The zero-order valence-electron chi connectivity index (χ0n) is 19.5. The fourth-order valence-corrected chi connectivity index (χ4v) is 3.42. The maximum atomic E-state index is 12.9. The predicted molar refractivity (Wildman–Crippen MR) is 147 cm³/mol. The summed E-state index contributed by atoms with van der Waals surface area (Å²) in [4.78, 5) is 25.2. The van der Waals surface area contributed by atoms with Crippen molar-refractivity contribution in [2.75, 3.05) is 0 Å². The van der Waals surface area contributed by atoms with E-state index in [-0.39, 0.29) is 0 Å². The van der Waals surface area contributed by atoms with Crippen molar-refractivity contribution in [2.24, 2.45) is 5.10 Å². The predicted octanol–water partition coefficient (Wildman–Crippen LogP) is 6.80. The summed E-state index contributed by atoms with van der Waals surface area (Å²) in [5, 5.41) is 5.53. The molecule has 10 heteroatoms. The third kappa shape index (κ3) is 7.98. The van der Waals surface area contributed by atoms with Crippen LogP contribution in [0.4, 0.5) is 0 Å². The van der Waals surface area contributed by atoms with Crippen molar-refractivity contribution in [3.8, 4) is 17.2 Å². The molecule has 4 aromatic rings. The van der Waals surface area contributed by atoms with Crippen LogP contribution < -0.4 is 19.6 Å². The van der Waals surface area contributed by atoms with Gasteiger partial charge in [0, 0.05) is 15.1 Å². The van der Waals surface area contributed by atoms with Crippen LogP contribution in [-0.4, -0.2) is 24.4 Å². The summed E-state index contributed by atoms with van der Waals surface area (Å²) in [5.74, 6) is -0.178. The number of halogens is 3. The second-order valence-electron chi connectivity index (χ2n) is 7.68. The monoisotopic (exact) mass is 568 g/mol.